The number of carbonyl (C=O) groups excluding carboxylic acids is 2. The van der Waals surface area contributed by atoms with E-state index in [1.54, 1.807) is 24.3 Å². The van der Waals surface area contributed by atoms with Gasteiger partial charge in [0.2, 0.25) is 5.91 Å². The van der Waals surface area contributed by atoms with Crippen LogP contribution in [0.25, 0.3) is 0 Å². The Balaban J connectivity index is 1.69. The molecule has 2 amide bonds. The van der Waals surface area contributed by atoms with Gasteiger partial charge in [0.25, 0.3) is 5.91 Å². The predicted molar refractivity (Wildman–Crippen MR) is 96.7 cm³/mol. The van der Waals surface area contributed by atoms with Gasteiger partial charge in [-0.15, -0.1) is 0 Å². The Kier molecular flexibility index (Phi) is 5.14. The van der Waals surface area contributed by atoms with Crippen LogP contribution in [0.4, 0.5) is 5.69 Å². The van der Waals surface area contributed by atoms with E-state index in [-0.39, 0.29) is 18.2 Å². The minimum absolute atomic E-state index is 0.178. The van der Waals surface area contributed by atoms with E-state index in [4.69, 9.17) is 4.74 Å². The van der Waals surface area contributed by atoms with Crippen LogP contribution in [0, 0.1) is 5.92 Å². The third-order valence-corrected chi connectivity index (χ3v) is 3.99. The maximum absolute atomic E-state index is 12.5. The number of amides is 2. The zero-order chi connectivity index (χ0) is 17.8. The minimum atomic E-state index is -0.435. The molecule has 5 heteroatoms. The summed E-state index contributed by atoms with van der Waals surface area (Å²) in [6.45, 7) is 4.84. The van der Waals surface area contributed by atoms with Crippen LogP contribution in [0.1, 0.15) is 20.3 Å². The standard InChI is InChI=1S/C20H22N2O3/c1-14(2)13-21-18-12-19(23)22(20(18)24)15-8-10-17(11-9-15)25-16-6-4-3-5-7-16/h3-11,14,18,21H,12-13H2,1-2H3. The summed E-state index contributed by atoms with van der Waals surface area (Å²) in [5.41, 5.74) is 0.573. The number of rotatable bonds is 6. The molecule has 1 N–H and O–H groups in total. The molecule has 0 spiro atoms. The van der Waals surface area contributed by atoms with Crippen LogP contribution in [0.3, 0.4) is 0 Å². The van der Waals surface area contributed by atoms with Gasteiger partial charge in [-0.05, 0) is 48.9 Å². The molecule has 3 rings (SSSR count). The zero-order valence-electron chi connectivity index (χ0n) is 14.4. The number of para-hydroxylation sites is 1. The van der Waals surface area contributed by atoms with Gasteiger partial charge in [0, 0.05) is 0 Å². The number of carbonyl (C=O) groups is 2. The van der Waals surface area contributed by atoms with Crippen molar-refractivity contribution in [3.05, 3.63) is 54.6 Å². The maximum Gasteiger partial charge on any atom is 0.251 e. The monoisotopic (exact) mass is 338 g/mol. The molecule has 0 aromatic heterocycles. The van der Waals surface area contributed by atoms with E-state index >= 15 is 0 Å². The van der Waals surface area contributed by atoms with Crippen molar-refractivity contribution < 1.29 is 14.3 Å². The number of benzene rings is 2. The highest BCUT2D eigenvalue weighted by atomic mass is 16.5. The zero-order valence-corrected chi connectivity index (χ0v) is 14.4. The summed E-state index contributed by atoms with van der Waals surface area (Å²) in [5.74, 6) is 1.45. The van der Waals surface area contributed by atoms with Crippen molar-refractivity contribution >= 4 is 17.5 Å². The van der Waals surface area contributed by atoms with E-state index in [0.29, 0.717) is 23.9 Å². The lowest BCUT2D eigenvalue weighted by Crippen LogP contribution is -2.40. The molecular weight excluding hydrogens is 316 g/mol. The highest BCUT2D eigenvalue weighted by Crippen LogP contribution is 2.27. The Morgan fingerprint density at radius 3 is 2.32 bits per heavy atom. The normalized spacial score (nSPS) is 17.4. The second kappa shape index (κ2) is 7.49. The van der Waals surface area contributed by atoms with Gasteiger partial charge in [-0.25, -0.2) is 4.90 Å². The molecule has 0 bridgehead atoms. The fraction of sp³-hybridized carbons (Fsp3) is 0.300. The van der Waals surface area contributed by atoms with Gasteiger partial charge in [-0.1, -0.05) is 32.0 Å². The molecule has 1 heterocycles. The molecule has 2 aromatic rings. The summed E-state index contributed by atoms with van der Waals surface area (Å²) in [4.78, 5) is 26.0. The van der Waals surface area contributed by atoms with Gasteiger partial charge in [-0.2, -0.15) is 0 Å². The van der Waals surface area contributed by atoms with Gasteiger partial charge < -0.3 is 10.1 Å². The lowest BCUT2D eigenvalue weighted by atomic mass is 10.2. The van der Waals surface area contributed by atoms with Crippen molar-refractivity contribution in [2.24, 2.45) is 5.92 Å². The molecule has 1 fully saturated rings. The fourth-order valence-corrected chi connectivity index (χ4v) is 2.73. The third-order valence-electron chi connectivity index (χ3n) is 3.99. The van der Waals surface area contributed by atoms with Crippen LogP contribution in [0.5, 0.6) is 11.5 Å². The number of nitrogens with zero attached hydrogens (tertiary/aromatic N) is 1. The average Bonchev–Trinajstić information content (AvgIpc) is 2.89. The molecule has 1 atom stereocenters. The van der Waals surface area contributed by atoms with E-state index in [1.165, 1.54) is 4.90 Å². The van der Waals surface area contributed by atoms with Crippen LogP contribution >= 0.6 is 0 Å². The molecule has 0 aliphatic carbocycles. The summed E-state index contributed by atoms with van der Waals surface area (Å²) in [6, 6.07) is 16.0. The average molecular weight is 338 g/mol. The smallest absolute Gasteiger partial charge is 0.251 e. The van der Waals surface area contributed by atoms with Gasteiger partial charge >= 0.3 is 0 Å². The lowest BCUT2D eigenvalue weighted by Gasteiger charge is -2.16. The number of hydrogen-bond acceptors (Lipinski definition) is 4. The van der Waals surface area contributed by atoms with Gasteiger partial charge in [0.05, 0.1) is 18.2 Å². The second-order valence-corrected chi connectivity index (χ2v) is 6.54. The maximum atomic E-state index is 12.5. The molecule has 1 saturated heterocycles. The Bertz CT molecular complexity index is 741. The van der Waals surface area contributed by atoms with E-state index in [1.807, 2.05) is 30.3 Å². The molecule has 25 heavy (non-hydrogen) atoms. The first-order chi connectivity index (χ1) is 12.0. The third kappa shape index (κ3) is 4.06. The highest BCUT2D eigenvalue weighted by Gasteiger charge is 2.39. The fourth-order valence-electron chi connectivity index (χ4n) is 2.73. The Labute approximate surface area is 147 Å². The van der Waals surface area contributed by atoms with Crippen LogP contribution < -0.4 is 15.0 Å². The SMILES string of the molecule is CC(C)CNC1CC(=O)N(c2ccc(Oc3ccccc3)cc2)C1=O. The summed E-state index contributed by atoms with van der Waals surface area (Å²) >= 11 is 0. The van der Waals surface area contributed by atoms with Crippen molar-refractivity contribution in [2.45, 2.75) is 26.3 Å². The molecule has 5 nitrogen and oxygen atoms in total. The summed E-state index contributed by atoms with van der Waals surface area (Å²) in [6.07, 6.45) is 0.202. The molecule has 1 aliphatic heterocycles. The summed E-state index contributed by atoms with van der Waals surface area (Å²) in [5, 5.41) is 3.17. The molecule has 1 aliphatic rings. The first kappa shape index (κ1) is 17.2. The van der Waals surface area contributed by atoms with Crippen molar-refractivity contribution in [3.8, 4) is 11.5 Å². The largest absolute Gasteiger partial charge is 0.457 e. The van der Waals surface area contributed by atoms with Gasteiger partial charge in [0.15, 0.2) is 0 Å². The van der Waals surface area contributed by atoms with Crippen molar-refractivity contribution in [1.82, 2.24) is 5.32 Å². The molecular formula is C20H22N2O3. The quantitative estimate of drug-likeness (QED) is 0.821. The van der Waals surface area contributed by atoms with E-state index in [9.17, 15) is 9.59 Å². The van der Waals surface area contributed by atoms with E-state index in [2.05, 4.69) is 19.2 Å². The van der Waals surface area contributed by atoms with Crippen LogP contribution in [0.15, 0.2) is 54.6 Å². The Morgan fingerprint density at radius 2 is 1.68 bits per heavy atom. The summed E-state index contributed by atoms with van der Waals surface area (Å²) in [7, 11) is 0. The second-order valence-electron chi connectivity index (χ2n) is 6.54. The van der Waals surface area contributed by atoms with Crippen LogP contribution in [-0.4, -0.2) is 24.4 Å². The molecule has 0 radical (unpaired) electrons. The van der Waals surface area contributed by atoms with Crippen molar-refractivity contribution in [1.29, 1.82) is 0 Å². The summed E-state index contributed by atoms with van der Waals surface area (Å²) < 4.78 is 5.73. The van der Waals surface area contributed by atoms with Gasteiger partial charge in [-0.3, -0.25) is 9.59 Å². The van der Waals surface area contributed by atoms with Gasteiger partial charge in [0.1, 0.15) is 11.5 Å². The molecule has 1 unspecified atom stereocenters. The van der Waals surface area contributed by atoms with E-state index < -0.39 is 6.04 Å². The lowest BCUT2D eigenvalue weighted by molar-refractivity contribution is -0.121. The Morgan fingerprint density at radius 1 is 1.04 bits per heavy atom. The molecule has 2 aromatic carbocycles. The number of anilines is 1. The topological polar surface area (TPSA) is 58.6 Å². The Hall–Kier alpha value is -2.66. The number of nitrogens with one attached hydrogen (secondary N) is 1. The van der Waals surface area contributed by atoms with Crippen LogP contribution in [-0.2, 0) is 9.59 Å². The molecule has 130 valence electrons. The van der Waals surface area contributed by atoms with Crippen molar-refractivity contribution in [2.75, 3.05) is 11.4 Å². The van der Waals surface area contributed by atoms with E-state index in [0.717, 1.165) is 5.75 Å². The predicted octanol–water partition coefficient (Wildman–Crippen LogP) is 3.36. The highest BCUT2D eigenvalue weighted by molar-refractivity contribution is 6.22. The number of ether oxygens (including phenoxy) is 1. The first-order valence-corrected chi connectivity index (χ1v) is 8.48. The first-order valence-electron chi connectivity index (χ1n) is 8.48. The number of hydrogen-bond donors (Lipinski definition) is 1. The number of imide groups is 1. The van der Waals surface area contributed by atoms with Crippen molar-refractivity contribution in [3.63, 3.8) is 0 Å². The van der Waals surface area contributed by atoms with Crippen LogP contribution in [0.2, 0.25) is 0 Å². The minimum Gasteiger partial charge on any atom is -0.457 e. The molecule has 0 saturated carbocycles.